The highest BCUT2D eigenvalue weighted by Gasteiger charge is 2.17. The zero-order valence-electron chi connectivity index (χ0n) is 12.4. The predicted octanol–water partition coefficient (Wildman–Crippen LogP) is 2.48. The van der Waals surface area contributed by atoms with Crippen LogP contribution in [0.1, 0.15) is 15.9 Å². The second-order valence-electron chi connectivity index (χ2n) is 4.72. The SMILES string of the molecule is Cc1ccccc1S(=O)(=O)OCCOc1ccc(C(=O)O)cc1. The molecule has 6 nitrogen and oxygen atoms in total. The van der Waals surface area contributed by atoms with E-state index in [1.165, 1.54) is 30.3 Å². The Balaban J connectivity index is 1.87. The van der Waals surface area contributed by atoms with Crippen molar-refractivity contribution in [2.75, 3.05) is 13.2 Å². The summed E-state index contributed by atoms with van der Waals surface area (Å²) in [4.78, 5) is 10.8. The molecule has 0 radical (unpaired) electrons. The predicted molar refractivity (Wildman–Crippen MR) is 83.2 cm³/mol. The van der Waals surface area contributed by atoms with Crippen LogP contribution in [0.2, 0.25) is 0 Å². The number of benzene rings is 2. The first kappa shape index (κ1) is 17.0. The molecule has 2 aromatic rings. The average molecular weight is 336 g/mol. The topological polar surface area (TPSA) is 89.9 Å². The van der Waals surface area contributed by atoms with Crippen molar-refractivity contribution in [2.45, 2.75) is 11.8 Å². The first-order valence-corrected chi connectivity index (χ1v) is 8.22. The van der Waals surface area contributed by atoms with Crippen LogP contribution in [-0.4, -0.2) is 32.7 Å². The first-order valence-electron chi connectivity index (χ1n) is 6.81. The number of carbonyl (C=O) groups is 1. The Labute approximate surface area is 134 Å². The number of carboxylic acids is 1. The fraction of sp³-hybridized carbons (Fsp3) is 0.188. The molecule has 0 aromatic heterocycles. The minimum Gasteiger partial charge on any atom is -0.491 e. The summed E-state index contributed by atoms with van der Waals surface area (Å²) in [5.74, 6) is -0.587. The summed E-state index contributed by atoms with van der Waals surface area (Å²) in [6.45, 7) is 1.58. The van der Waals surface area contributed by atoms with Gasteiger partial charge in [-0.05, 0) is 42.8 Å². The van der Waals surface area contributed by atoms with Gasteiger partial charge in [-0.2, -0.15) is 8.42 Å². The second kappa shape index (κ2) is 7.26. The van der Waals surface area contributed by atoms with Crippen molar-refractivity contribution in [1.29, 1.82) is 0 Å². The molecule has 23 heavy (non-hydrogen) atoms. The number of hydrogen-bond acceptors (Lipinski definition) is 5. The van der Waals surface area contributed by atoms with Gasteiger partial charge in [0, 0.05) is 0 Å². The van der Waals surface area contributed by atoms with Crippen molar-refractivity contribution in [3.05, 3.63) is 59.7 Å². The molecule has 0 saturated heterocycles. The standard InChI is InChI=1S/C16H16O6S/c1-12-4-2-3-5-15(12)23(19,20)22-11-10-21-14-8-6-13(7-9-14)16(17)18/h2-9H,10-11H2,1H3,(H,17,18). The van der Waals surface area contributed by atoms with Crippen LogP contribution in [0.15, 0.2) is 53.4 Å². The molecule has 0 saturated carbocycles. The summed E-state index contributed by atoms with van der Waals surface area (Å²) < 4.78 is 34.3. The van der Waals surface area contributed by atoms with Crippen LogP contribution in [0.4, 0.5) is 0 Å². The summed E-state index contributed by atoms with van der Waals surface area (Å²) in [5.41, 5.74) is 0.758. The molecule has 2 rings (SSSR count). The summed E-state index contributed by atoms with van der Waals surface area (Å²) in [7, 11) is -3.82. The number of hydrogen-bond donors (Lipinski definition) is 1. The van der Waals surface area contributed by atoms with Crippen molar-refractivity contribution in [2.24, 2.45) is 0 Å². The Kier molecular flexibility index (Phi) is 5.36. The zero-order chi connectivity index (χ0) is 16.9. The number of rotatable bonds is 7. The lowest BCUT2D eigenvalue weighted by Crippen LogP contribution is -2.13. The normalized spacial score (nSPS) is 11.2. The van der Waals surface area contributed by atoms with Gasteiger partial charge in [-0.3, -0.25) is 4.18 Å². The second-order valence-corrected chi connectivity index (χ2v) is 6.30. The van der Waals surface area contributed by atoms with Gasteiger partial charge in [-0.15, -0.1) is 0 Å². The Morgan fingerprint density at radius 3 is 2.30 bits per heavy atom. The minimum atomic E-state index is -3.82. The van der Waals surface area contributed by atoms with Crippen molar-refractivity contribution in [3.63, 3.8) is 0 Å². The summed E-state index contributed by atoms with van der Waals surface area (Å²) >= 11 is 0. The van der Waals surface area contributed by atoms with Crippen LogP contribution in [0.5, 0.6) is 5.75 Å². The number of aromatic carboxylic acids is 1. The molecule has 0 spiro atoms. The molecule has 122 valence electrons. The van der Waals surface area contributed by atoms with E-state index >= 15 is 0 Å². The van der Waals surface area contributed by atoms with E-state index in [-0.39, 0.29) is 23.7 Å². The van der Waals surface area contributed by atoms with Gasteiger partial charge in [0.2, 0.25) is 0 Å². The van der Waals surface area contributed by atoms with Crippen molar-refractivity contribution in [1.82, 2.24) is 0 Å². The van der Waals surface area contributed by atoms with Crippen molar-refractivity contribution >= 4 is 16.1 Å². The van der Waals surface area contributed by atoms with Crippen LogP contribution in [0, 0.1) is 6.92 Å². The highest BCUT2D eigenvalue weighted by atomic mass is 32.2. The lowest BCUT2D eigenvalue weighted by molar-refractivity contribution is 0.0696. The van der Waals surface area contributed by atoms with Gasteiger partial charge < -0.3 is 9.84 Å². The number of ether oxygens (including phenoxy) is 1. The van der Waals surface area contributed by atoms with E-state index in [0.29, 0.717) is 11.3 Å². The third-order valence-corrected chi connectivity index (χ3v) is 4.53. The molecule has 0 unspecified atom stereocenters. The largest absolute Gasteiger partial charge is 0.491 e. The maximum Gasteiger partial charge on any atom is 0.335 e. The summed E-state index contributed by atoms with van der Waals surface area (Å²) in [6.07, 6.45) is 0. The van der Waals surface area contributed by atoms with Gasteiger partial charge in [0.25, 0.3) is 10.1 Å². The zero-order valence-corrected chi connectivity index (χ0v) is 13.2. The maximum atomic E-state index is 12.0. The van der Waals surface area contributed by atoms with Crippen LogP contribution in [0.25, 0.3) is 0 Å². The van der Waals surface area contributed by atoms with Crippen LogP contribution in [0.3, 0.4) is 0 Å². The smallest absolute Gasteiger partial charge is 0.335 e. The van der Waals surface area contributed by atoms with Crippen LogP contribution < -0.4 is 4.74 Å². The molecule has 0 aliphatic rings. The lowest BCUT2D eigenvalue weighted by Gasteiger charge is -2.09. The van der Waals surface area contributed by atoms with E-state index in [0.717, 1.165) is 0 Å². The fourth-order valence-electron chi connectivity index (χ4n) is 1.90. The summed E-state index contributed by atoms with van der Waals surface area (Å²) in [6, 6.07) is 12.4. The van der Waals surface area contributed by atoms with Gasteiger partial charge >= 0.3 is 5.97 Å². The third kappa shape index (κ3) is 4.54. The Morgan fingerprint density at radius 2 is 1.70 bits per heavy atom. The van der Waals surface area contributed by atoms with Gasteiger partial charge in [0.1, 0.15) is 19.0 Å². The number of aryl methyl sites for hydroxylation is 1. The van der Waals surface area contributed by atoms with Gasteiger partial charge in [0.05, 0.1) is 10.5 Å². The van der Waals surface area contributed by atoms with E-state index < -0.39 is 16.1 Å². The van der Waals surface area contributed by atoms with E-state index in [1.807, 2.05) is 0 Å². The number of carboxylic acid groups (broad SMARTS) is 1. The van der Waals surface area contributed by atoms with Crippen LogP contribution in [-0.2, 0) is 14.3 Å². The molecule has 0 bridgehead atoms. The van der Waals surface area contributed by atoms with E-state index in [4.69, 9.17) is 14.0 Å². The molecule has 0 fully saturated rings. The molecule has 0 aliphatic heterocycles. The van der Waals surface area contributed by atoms with E-state index in [2.05, 4.69) is 0 Å². The Morgan fingerprint density at radius 1 is 1.04 bits per heavy atom. The molecule has 2 aromatic carbocycles. The quantitative estimate of drug-likeness (QED) is 0.617. The molecule has 1 N–H and O–H groups in total. The molecule has 0 heterocycles. The van der Waals surface area contributed by atoms with Crippen molar-refractivity contribution in [3.8, 4) is 5.75 Å². The van der Waals surface area contributed by atoms with E-state index in [1.54, 1.807) is 25.1 Å². The van der Waals surface area contributed by atoms with Crippen LogP contribution >= 0.6 is 0 Å². The highest BCUT2D eigenvalue weighted by Crippen LogP contribution is 2.17. The molecule has 0 atom stereocenters. The average Bonchev–Trinajstić information content (AvgIpc) is 2.52. The Hall–Kier alpha value is -2.38. The first-order chi connectivity index (χ1) is 10.9. The van der Waals surface area contributed by atoms with E-state index in [9.17, 15) is 13.2 Å². The lowest BCUT2D eigenvalue weighted by atomic mass is 10.2. The molecule has 0 amide bonds. The molecule has 7 heteroatoms. The van der Waals surface area contributed by atoms with Gasteiger partial charge in [0.15, 0.2) is 0 Å². The molecular formula is C16H16O6S. The third-order valence-electron chi connectivity index (χ3n) is 3.05. The Bertz CT molecular complexity index is 780. The maximum absolute atomic E-state index is 12.0. The molecular weight excluding hydrogens is 320 g/mol. The fourth-order valence-corrected chi connectivity index (χ4v) is 3.02. The molecule has 0 aliphatic carbocycles. The summed E-state index contributed by atoms with van der Waals surface area (Å²) in [5, 5.41) is 8.78. The minimum absolute atomic E-state index is 0.0253. The van der Waals surface area contributed by atoms with Gasteiger partial charge in [-0.1, -0.05) is 18.2 Å². The monoisotopic (exact) mass is 336 g/mol. The van der Waals surface area contributed by atoms with Gasteiger partial charge in [-0.25, -0.2) is 4.79 Å². The highest BCUT2D eigenvalue weighted by molar-refractivity contribution is 7.86. The van der Waals surface area contributed by atoms with Crippen molar-refractivity contribution < 1.29 is 27.2 Å².